The van der Waals surface area contributed by atoms with Crippen LogP contribution in [0.25, 0.3) is 0 Å². The van der Waals surface area contributed by atoms with Crippen LogP contribution in [0.4, 0.5) is 0 Å². The summed E-state index contributed by atoms with van der Waals surface area (Å²) < 4.78 is 76.5. The fourth-order valence-corrected chi connectivity index (χ4v) is 5.52. The van der Waals surface area contributed by atoms with E-state index in [1.807, 2.05) is 48.5 Å². The molecule has 0 atom stereocenters. The van der Waals surface area contributed by atoms with Crippen LogP contribution in [0.2, 0.25) is 0 Å². The Balaban J connectivity index is 0.000000320. The van der Waals surface area contributed by atoms with Crippen LogP contribution in [0.3, 0.4) is 0 Å². The summed E-state index contributed by atoms with van der Waals surface area (Å²) in [5.41, 5.74) is 2.56. The molecule has 0 aromatic heterocycles. The molecule has 47 heavy (non-hydrogen) atoms. The van der Waals surface area contributed by atoms with E-state index >= 15 is 0 Å². The van der Waals surface area contributed by atoms with Crippen molar-refractivity contribution >= 4 is 58.0 Å². The van der Waals surface area contributed by atoms with Crippen LogP contribution < -0.4 is 9.47 Å². The maximum atomic E-state index is 10.9. The van der Waals surface area contributed by atoms with Gasteiger partial charge in [-0.3, -0.25) is 0 Å². The summed E-state index contributed by atoms with van der Waals surface area (Å²) >= 11 is 0. The van der Waals surface area contributed by atoms with Gasteiger partial charge in [-0.05, 0) is 110 Å². The van der Waals surface area contributed by atoms with Crippen molar-refractivity contribution in [2.45, 2.75) is 87.8 Å². The molecule has 0 bridgehead atoms. The molecule has 0 fully saturated rings. The molecule has 4 aromatic carbocycles. The van der Waals surface area contributed by atoms with Crippen molar-refractivity contribution in [2.75, 3.05) is 0 Å². The van der Waals surface area contributed by atoms with Crippen molar-refractivity contribution < 1.29 is 35.4 Å². The number of aryl methyl sites for hydroxylation is 2. The van der Waals surface area contributed by atoms with Gasteiger partial charge in [0.2, 0.25) is 0 Å². The summed E-state index contributed by atoms with van der Waals surface area (Å²) in [6.07, 6.45) is 12.0. The van der Waals surface area contributed by atoms with E-state index < -0.39 is 20.2 Å². The van der Waals surface area contributed by atoms with E-state index in [4.69, 9.17) is 9.47 Å². The average Bonchev–Trinajstić information content (AvgIpc) is 3.03. The Labute approximate surface area is 310 Å². The molecular formula is C36H42CaO8S2. The molecule has 0 aliphatic heterocycles. The van der Waals surface area contributed by atoms with Crippen molar-refractivity contribution in [3.63, 3.8) is 0 Å². The second kappa shape index (κ2) is 20.8. The quantitative estimate of drug-likeness (QED) is 0.0643. The molecule has 0 spiro atoms. The largest absolute Gasteiger partial charge is 2.00 e. The SMILES string of the molecule is CCCCCCc1ccc(Oc2ccc(S(=O)(=O)[O-])cc2)cc1.CCCCCCc1ccc(Oc2ccc(S(=O)(=O)[O-])cc2)cc1.[Ca+2]. The standard InChI is InChI=1S/2C18H22O4S.Ca/c2*1-2-3-4-5-6-15-7-9-16(10-8-15)22-17-11-13-18(14-12-17)23(19,20)21;/h2*7-14H,2-6H2,1H3,(H,19,20,21);/q;;+2/p-2. The molecule has 0 saturated heterocycles. The maximum absolute atomic E-state index is 10.9. The van der Waals surface area contributed by atoms with Crippen LogP contribution in [0.5, 0.6) is 23.0 Å². The summed E-state index contributed by atoms with van der Waals surface area (Å²) in [6.45, 7) is 4.40. The van der Waals surface area contributed by atoms with E-state index in [0.29, 0.717) is 23.0 Å². The zero-order chi connectivity index (χ0) is 33.4. The smallest absolute Gasteiger partial charge is 0.744 e. The van der Waals surface area contributed by atoms with Crippen LogP contribution >= 0.6 is 0 Å². The third-order valence-corrected chi connectivity index (χ3v) is 8.88. The third kappa shape index (κ3) is 15.5. The van der Waals surface area contributed by atoms with Crippen molar-refractivity contribution in [1.29, 1.82) is 0 Å². The summed E-state index contributed by atoms with van der Waals surface area (Å²) in [6, 6.07) is 26.6. The number of rotatable bonds is 16. The third-order valence-electron chi connectivity index (χ3n) is 7.18. The van der Waals surface area contributed by atoms with Crippen molar-refractivity contribution in [3.8, 4) is 23.0 Å². The molecule has 0 N–H and O–H groups in total. The van der Waals surface area contributed by atoms with Crippen LogP contribution in [0, 0.1) is 0 Å². The fraction of sp³-hybridized carbons (Fsp3) is 0.333. The van der Waals surface area contributed by atoms with Gasteiger partial charge in [-0.2, -0.15) is 0 Å². The molecule has 0 saturated carbocycles. The molecule has 0 aliphatic carbocycles. The molecular weight excluding hydrogens is 665 g/mol. The monoisotopic (exact) mass is 706 g/mol. The van der Waals surface area contributed by atoms with Crippen LogP contribution in [-0.2, 0) is 33.1 Å². The zero-order valence-electron chi connectivity index (χ0n) is 27.1. The summed E-state index contributed by atoms with van der Waals surface area (Å²) in [5.74, 6) is 2.35. The summed E-state index contributed by atoms with van der Waals surface area (Å²) in [7, 11) is -8.83. The van der Waals surface area contributed by atoms with Gasteiger partial charge >= 0.3 is 37.7 Å². The second-order valence-corrected chi connectivity index (χ2v) is 13.7. The Morgan fingerprint density at radius 1 is 0.447 bits per heavy atom. The number of unbranched alkanes of at least 4 members (excludes halogenated alkanes) is 6. The zero-order valence-corrected chi connectivity index (χ0v) is 30.9. The number of ether oxygens (including phenoxy) is 2. The molecule has 4 rings (SSSR count). The fourth-order valence-electron chi connectivity index (χ4n) is 4.58. The first kappa shape index (κ1) is 40.7. The Kier molecular flexibility index (Phi) is 18.0. The molecule has 0 amide bonds. The minimum Gasteiger partial charge on any atom is -0.744 e. The number of hydrogen-bond acceptors (Lipinski definition) is 8. The molecule has 0 heterocycles. The topological polar surface area (TPSA) is 133 Å². The van der Waals surface area contributed by atoms with Gasteiger partial charge in [0.25, 0.3) is 0 Å². The molecule has 248 valence electrons. The van der Waals surface area contributed by atoms with Gasteiger partial charge in [0.1, 0.15) is 43.2 Å². The van der Waals surface area contributed by atoms with E-state index in [9.17, 15) is 25.9 Å². The minimum atomic E-state index is -4.42. The van der Waals surface area contributed by atoms with E-state index in [0.717, 1.165) is 12.8 Å². The maximum Gasteiger partial charge on any atom is 2.00 e. The first-order valence-electron chi connectivity index (χ1n) is 15.6. The predicted octanol–water partition coefficient (Wildman–Crippen LogP) is 8.63. The van der Waals surface area contributed by atoms with Gasteiger partial charge in [0.05, 0.1) is 9.79 Å². The molecule has 0 radical (unpaired) electrons. The predicted molar refractivity (Wildman–Crippen MR) is 183 cm³/mol. The molecule has 4 aromatic rings. The Hall–Kier alpha value is -2.44. The Morgan fingerprint density at radius 3 is 0.979 bits per heavy atom. The minimum absolute atomic E-state index is 0. The average molecular weight is 707 g/mol. The summed E-state index contributed by atoms with van der Waals surface area (Å²) in [4.78, 5) is -0.514. The van der Waals surface area contributed by atoms with Gasteiger partial charge in [-0.1, -0.05) is 76.6 Å². The Bertz CT molecular complexity index is 1540. The molecule has 11 heteroatoms. The molecule has 8 nitrogen and oxygen atoms in total. The Morgan fingerprint density at radius 2 is 0.723 bits per heavy atom. The number of hydrogen-bond donors (Lipinski definition) is 0. The van der Waals surface area contributed by atoms with E-state index in [1.165, 1.54) is 111 Å². The van der Waals surface area contributed by atoms with Crippen LogP contribution in [0.1, 0.15) is 76.3 Å². The van der Waals surface area contributed by atoms with E-state index in [-0.39, 0.29) is 47.5 Å². The van der Waals surface area contributed by atoms with Crippen molar-refractivity contribution in [3.05, 3.63) is 108 Å². The van der Waals surface area contributed by atoms with E-state index in [1.54, 1.807) is 0 Å². The van der Waals surface area contributed by atoms with Crippen LogP contribution in [0.15, 0.2) is 107 Å². The van der Waals surface area contributed by atoms with Crippen molar-refractivity contribution in [1.82, 2.24) is 0 Å². The second-order valence-electron chi connectivity index (χ2n) is 11.0. The molecule has 0 aliphatic rings. The normalized spacial score (nSPS) is 11.1. The van der Waals surface area contributed by atoms with Crippen molar-refractivity contribution in [2.24, 2.45) is 0 Å². The first-order chi connectivity index (χ1) is 22.0. The van der Waals surface area contributed by atoms with Gasteiger partial charge in [0, 0.05) is 0 Å². The first-order valence-corrected chi connectivity index (χ1v) is 18.4. The van der Waals surface area contributed by atoms with Gasteiger partial charge < -0.3 is 18.6 Å². The van der Waals surface area contributed by atoms with Gasteiger partial charge in [-0.25, -0.2) is 16.8 Å². The van der Waals surface area contributed by atoms with E-state index in [2.05, 4.69) is 13.8 Å². The van der Waals surface area contributed by atoms with Crippen LogP contribution in [-0.4, -0.2) is 63.7 Å². The number of benzene rings is 4. The summed E-state index contributed by atoms with van der Waals surface area (Å²) in [5, 5.41) is 0. The van der Waals surface area contributed by atoms with Gasteiger partial charge in [-0.15, -0.1) is 0 Å². The molecule has 0 unspecified atom stereocenters. The van der Waals surface area contributed by atoms with Gasteiger partial charge in [0.15, 0.2) is 0 Å².